The van der Waals surface area contributed by atoms with Crippen LogP contribution in [0.15, 0.2) is 37.1 Å². The van der Waals surface area contributed by atoms with Gasteiger partial charge in [-0.2, -0.15) is 0 Å². The molecular weight excluding hydrogens is 400 g/mol. The van der Waals surface area contributed by atoms with E-state index in [9.17, 15) is 8.78 Å². The highest BCUT2D eigenvalue weighted by molar-refractivity contribution is 5.79. The van der Waals surface area contributed by atoms with Crippen LogP contribution in [0.4, 0.5) is 14.7 Å². The molecule has 5 rings (SSSR count). The summed E-state index contributed by atoms with van der Waals surface area (Å²) in [6, 6.07) is 1.98. The molecule has 0 atom stereocenters. The summed E-state index contributed by atoms with van der Waals surface area (Å²) in [6.07, 6.45) is 13.9. The van der Waals surface area contributed by atoms with Crippen LogP contribution >= 0.6 is 0 Å². The number of rotatable bonds is 4. The molecule has 164 valence electrons. The molecule has 0 amide bonds. The Hall–Kier alpha value is -3.10. The number of fused-ring (bicyclic) bond motifs is 2. The molecule has 1 aliphatic rings. The van der Waals surface area contributed by atoms with Gasteiger partial charge in [-0.05, 0) is 18.4 Å². The van der Waals surface area contributed by atoms with E-state index in [1.54, 1.807) is 10.7 Å². The van der Waals surface area contributed by atoms with Crippen molar-refractivity contribution >= 4 is 17.2 Å². The fourth-order valence-corrected chi connectivity index (χ4v) is 4.15. The molecule has 0 aliphatic heterocycles. The SMILES string of the molecule is CCc1cnc2ncc(-c3ccn4nc(N)ncc34)cn12.FC(F)CC1CCCCC1. The Morgan fingerprint density at radius 2 is 1.87 bits per heavy atom. The molecule has 4 heterocycles. The van der Waals surface area contributed by atoms with Gasteiger partial charge in [0.15, 0.2) is 0 Å². The largest absolute Gasteiger partial charge is 0.367 e. The maximum absolute atomic E-state index is 11.8. The van der Waals surface area contributed by atoms with Crippen LogP contribution < -0.4 is 5.73 Å². The third kappa shape index (κ3) is 4.81. The first-order valence-corrected chi connectivity index (χ1v) is 10.8. The predicted octanol–water partition coefficient (Wildman–Crippen LogP) is 4.81. The molecule has 0 unspecified atom stereocenters. The fraction of sp³-hybridized carbons (Fsp3) is 0.455. The molecule has 4 aromatic heterocycles. The molecule has 9 heteroatoms. The predicted molar refractivity (Wildman–Crippen MR) is 116 cm³/mol. The third-order valence-electron chi connectivity index (χ3n) is 5.79. The number of aryl methyl sites for hydroxylation is 1. The average Bonchev–Trinajstić information content (AvgIpc) is 3.37. The van der Waals surface area contributed by atoms with Crippen LogP contribution in [0.3, 0.4) is 0 Å². The number of hydrogen-bond donors (Lipinski definition) is 1. The van der Waals surface area contributed by atoms with Gasteiger partial charge in [0.1, 0.15) is 0 Å². The van der Waals surface area contributed by atoms with Gasteiger partial charge < -0.3 is 5.73 Å². The van der Waals surface area contributed by atoms with Gasteiger partial charge in [0.25, 0.3) is 0 Å². The van der Waals surface area contributed by atoms with Crippen LogP contribution in [0.2, 0.25) is 0 Å². The minimum Gasteiger partial charge on any atom is -0.367 e. The number of nitrogens with zero attached hydrogens (tertiary/aromatic N) is 6. The molecule has 1 aliphatic carbocycles. The average molecular weight is 428 g/mol. The van der Waals surface area contributed by atoms with Crippen molar-refractivity contribution in [3.8, 4) is 11.1 Å². The summed E-state index contributed by atoms with van der Waals surface area (Å²) < 4.78 is 27.4. The molecule has 0 radical (unpaired) electrons. The molecule has 31 heavy (non-hydrogen) atoms. The van der Waals surface area contributed by atoms with E-state index in [-0.39, 0.29) is 12.4 Å². The van der Waals surface area contributed by atoms with Gasteiger partial charge in [0.2, 0.25) is 18.2 Å². The molecule has 0 spiro atoms. The molecular formula is C22H27F2N7. The van der Waals surface area contributed by atoms with Gasteiger partial charge in [-0.1, -0.05) is 39.0 Å². The van der Waals surface area contributed by atoms with Crippen molar-refractivity contribution in [2.75, 3.05) is 5.73 Å². The zero-order valence-corrected chi connectivity index (χ0v) is 17.6. The van der Waals surface area contributed by atoms with Gasteiger partial charge in [0.05, 0.1) is 17.9 Å². The molecule has 0 saturated heterocycles. The summed E-state index contributed by atoms with van der Waals surface area (Å²) in [5, 5.41) is 4.15. The molecule has 7 nitrogen and oxygen atoms in total. The fourth-order valence-electron chi connectivity index (χ4n) is 4.15. The lowest BCUT2D eigenvalue weighted by Crippen LogP contribution is -2.09. The molecule has 1 saturated carbocycles. The second kappa shape index (κ2) is 9.36. The van der Waals surface area contributed by atoms with Crippen molar-refractivity contribution in [2.24, 2.45) is 5.92 Å². The van der Waals surface area contributed by atoms with Crippen LogP contribution in [0.5, 0.6) is 0 Å². The van der Waals surface area contributed by atoms with E-state index in [2.05, 4.69) is 27.0 Å². The Morgan fingerprint density at radius 3 is 2.61 bits per heavy atom. The summed E-state index contributed by atoms with van der Waals surface area (Å²) in [5.41, 5.74) is 9.63. The number of alkyl halides is 2. The van der Waals surface area contributed by atoms with Crippen LogP contribution in [0.1, 0.15) is 51.1 Å². The van der Waals surface area contributed by atoms with E-state index < -0.39 is 6.43 Å². The Bertz CT molecular complexity index is 1150. The lowest BCUT2D eigenvalue weighted by molar-refractivity contribution is 0.104. The van der Waals surface area contributed by atoms with E-state index in [4.69, 9.17) is 5.73 Å². The number of halogens is 2. The maximum Gasteiger partial charge on any atom is 0.238 e. The normalized spacial score (nSPS) is 14.8. The summed E-state index contributed by atoms with van der Waals surface area (Å²) in [7, 11) is 0. The Morgan fingerprint density at radius 1 is 1.10 bits per heavy atom. The maximum atomic E-state index is 11.8. The summed E-state index contributed by atoms with van der Waals surface area (Å²) in [4.78, 5) is 12.8. The van der Waals surface area contributed by atoms with Crippen molar-refractivity contribution < 1.29 is 8.78 Å². The van der Waals surface area contributed by atoms with Crippen LogP contribution in [-0.4, -0.2) is 35.4 Å². The van der Waals surface area contributed by atoms with Crippen molar-refractivity contribution in [3.63, 3.8) is 0 Å². The first-order chi connectivity index (χ1) is 15.0. The van der Waals surface area contributed by atoms with E-state index >= 15 is 0 Å². The minimum absolute atomic E-state index is 0.139. The summed E-state index contributed by atoms with van der Waals surface area (Å²) in [5.74, 6) is 1.29. The van der Waals surface area contributed by atoms with Crippen molar-refractivity contribution in [2.45, 2.75) is 58.3 Å². The zero-order chi connectivity index (χ0) is 21.8. The van der Waals surface area contributed by atoms with Crippen molar-refractivity contribution in [1.82, 2.24) is 29.0 Å². The Kier molecular flexibility index (Phi) is 6.39. The molecule has 2 N–H and O–H groups in total. The first kappa shape index (κ1) is 21.1. The number of hydrogen-bond acceptors (Lipinski definition) is 5. The van der Waals surface area contributed by atoms with Crippen molar-refractivity contribution in [1.29, 1.82) is 0 Å². The second-order valence-corrected chi connectivity index (χ2v) is 7.92. The quantitative estimate of drug-likeness (QED) is 0.505. The lowest BCUT2D eigenvalue weighted by atomic mass is 9.87. The number of imidazole rings is 1. The Balaban J connectivity index is 0.000000196. The molecule has 0 bridgehead atoms. The van der Waals surface area contributed by atoms with Gasteiger partial charge in [-0.25, -0.2) is 28.2 Å². The van der Waals surface area contributed by atoms with E-state index in [0.717, 1.165) is 54.4 Å². The van der Waals surface area contributed by atoms with Gasteiger partial charge >= 0.3 is 0 Å². The third-order valence-corrected chi connectivity index (χ3v) is 5.79. The topological polar surface area (TPSA) is 86.4 Å². The van der Waals surface area contributed by atoms with E-state index in [1.807, 2.05) is 35.3 Å². The molecule has 1 fully saturated rings. The first-order valence-electron chi connectivity index (χ1n) is 10.8. The lowest BCUT2D eigenvalue weighted by Gasteiger charge is -2.20. The summed E-state index contributed by atoms with van der Waals surface area (Å²) >= 11 is 0. The van der Waals surface area contributed by atoms with Gasteiger partial charge in [-0.15, -0.1) is 5.10 Å². The highest BCUT2D eigenvalue weighted by Crippen LogP contribution is 2.28. The molecule has 4 aromatic rings. The highest BCUT2D eigenvalue weighted by Gasteiger charge is 2.17. The van der Waals surface area contributed by atoms with E-state index in [0.29, 0.717) is 11.7 Å². The number of nitrogen functional groups attached to an aromatic ring is 1. The minimum atomic E-state index is -2.08. The van der Waals surface area contributed by atoms with Crippen molar-refractivity contribution in [3.05, 3.63) is 42.7 Å². The van der Waals surface area contributed by atoms with Gasteiger partial charge in [0, 0.05) is 41.8 Å². The molecule has 0 aromatic carbocycles. The van der Waals surface area contributed by atoms with E-state index in [1.165, 1.54) is 6.42 Å². The zero-order valence-electron chi connectivity index (χ0n) is 17.6. The number of nitrogens with two attached hydrogens (primary N) is 1. The van der Waals surface area contributed by atoms with Crippen LogP contribution in [0.25, 0.3) is 22.4 Å². The monoisotopic (exact) mass is 427 g/mol. The summed E-state index contributed by atoms with van der Waals surface area (Å²) in [6.45, 7) is 2.10. The number of anilines is 1. The van der Waals surface area contributed by atoms with Crippen LogP contribution in [-0.2, 0) is 6.42 Å². The second-order valence-electron chi connectivity index (χ2n) is 7.92. The van der Waals surface area contributed by atoms with Gasteiger partial charge in [-0.3, -0.25) is 4.40 Å². The smallest absolute Gasteiger partial charge is 0.238 e. The Labute approximate surface area is 179 Å². The standard InChI is InChI=1S/C14H13N7.C8H14F2/c1-2-10-6-18-14-17-5-9(8-20(10)14)11-3-4-21-12(11)7-16-13(15)19-21;9-8(10)6-7-4-2-1-3-5-7/h3-8H,2H2,1H3,(H2,15,19);7-8H,1-6H2. The van der Waals surface area contributed by atoms with Crippen LogP contribution in [0, 0.1) is 5.92 Å². The number of aromatic nitrogens is 6. The highest BCUT2D eigenvalue weighted by atomic mass is 19.3.